The molecule has 9 nitrogen and oxygen atoms in total. The van der Waals surface area contributed by atoms with Gasteiger partial charge in [-0.1, -0.05) is 6.07 Å². The number of hydrogen-bond donors (Lipinski definition) is 1. The summed E-state index contributed by atoms with van der Waals surface area (Å²) < 4.78 is 64.0. The van der Waals surface area contributed by atoms with Gasteiger partial charge in [-0.3, -0.25) is 4.68 Å². The first-order valence-electron chi connectivity index (χ1n) is 8.80. The van der Waals surface area contributed by atoms with Crippen molar-refractivity contribution in [1.82, 2.24) is 14.5 Å². The van der Waals surface area contributed by atoms with Gasteiger partial charge in [-0.2, -0.15) is 5.10 Å². The van der Waals surface area contributed by atoms with Gasteiger partial charge in [0.1, 0.15) is 4.90 Å². The third-order valence-corrected chi connectivity index (χ3v) is 8.39. The van der Waals surface area contributed by atoms with Crippen molar-refractivity contribution in [3.05, 3.63) is 35.2 Å². The van der Waals surface area contributed by atoms with Crippen LogP contribution < -0.4 is 14.2 Å². The van der Waals surface area contributed by atoms with Crippen LogP contribution in [0.1, 0.15) is 29.4 Å². The van der Waals surface area contributed by atoms with E-state index in [2.05, 4.69) is 9.82 Å². The highest BCUT2D eigenvalue weighted by molar-refractivity contribution is 7.91. The Balaban J connectivity index is 1.56. The van der Waals surface area contributed by atoms with Gasteiger partial charge in [0.05, 0.1) is 28.9 Å². The summed E-state index contributed by atoms with van der Waals surface area (Å²) in [5.41, 5.74) is 1.52. The highest BCUT2D eigenvalue weighted by atomic mass is 32.2. The van der Waals surface area contributed by atoms with Crippen molar-refractivity contribution >= 4 is 19.9 Å². The highest BCUT2D eigenvalue weighted by Crippen LogP contribution is 2.33. The summed E-state index contributed by atoms with van der Waals surface area (Å²) in [6.07, 6.45) is 0.439. The van der Waals surface area contributed by atoms with Crippen LogP contribution in [0.25, 0.3) is 0 Å². The second-order valence-corrected chi connectivity index (χ2v) is 10.9. The van der Waals surface area contributed by atoms with E-state index in [-0.39, 0.29) is 35.8 Å². The number of nitrogens with one attached hydrogen (secondary N) is 1. The molecule has 28 heavy (non-hydrogen) atoms. The minimum Gasteiger partial charge on any atom is -0.454 e. The van der Waals surface area contributed by atoms with Crippen LogP contribution in [0, 0.1) is 13.8 Å². The SMILES string of the molecule is Cc1nn([C@H]2CCS(=O)(=O)C2)c(C)c1S(=O)(=O)NCc1ccc2c(c1)OCO2. The number of aryl methyl sites for hydroxylation is 1. The van der Waals surface area contributed by atoms with Crippen molar-refractivity contribution in [2.75, 3.05) is 18.3 Å². The standard InChI is InChI=1S/C17H21N3O6S2/c1-11-17(12(2)20(19-11)14-5-6-27(21,22)9-14)28(23,24)18-8-13-3-4-15-16(7-13)26-10-25-15/h3-4,7,14,18H,5-6,8-10H2,1-2H3/t14-/m0/s1. The number of rotatable bonds is 5. The van der Waals surface area contributed by atoms with Crippen LogP contribution in [0.2, 0.25) is 0 Å². The van der Waals surface area contributed by atoms with Gasteiger partial charge < -0.3 is 9.47 Å². The minimum atomic E-state index is -3.83. The summed E-state index contributed by atoms with van der Waals surface area (Å²) in [6.45, 7) is 3.50. The average molecular weight is 428 g/mol. The Hall–Kier alpha value is -2.11. The predicted octanol–water partition coefficient (Wildman–Crippen LogP) is 1.07. The van der Waals surface area contributed by atoms with E-state index < -0.39 is 19.9 Å². The molecule has 11 heteroatoms. The highest BCUT2D eigenvalue weighted by Gasteiger charge is 2.33. The molecule has 0 spiro atoms. The first kappa shape index (κ1) is 19.2. The molecule has 0 aliphatic carbocycles. The van der Waals surface area contributed by atoms with E-state index in [4.69, 9.17) is 9.47 Å². The Bertz CT molecular complexity index is 1140. The molecule has 0 radical (unpaired) electrons. The summed E-state index contributed by atoms with van der Waals surface area (Å²) in [7, 11) is -6.92. The van der Waals surface area contributed by atoms with Crippen LogP contribution in [0.15, 0.2) is 23.1 Å². The van der Waals surface area contributed by atoms with Gasteiger partial charge in [-0.25, -0.2) is 21.6 Å². The van der Waals surface area contributed by atoms with Crippen molar-refractivity contribution < 1.29 is 26.3 Å². The Morgan fingerprint density at radius 3 is 2.71 bits per heavy atom. The Labute approximate surface area is 163 Å². The maximum atomic E-state index is 12.9. The lowest BCUT2D eigenvalue weighted by Crippen LogP contribution is -2.24. The van der Waals surface area contributed by atoms with Gasteiger partial charge in [-0.15, -0.1) is 0 Å². The number of nitrogens with zero attached hydrogens (tertiary/aromatic N) is 2. The number of benzene rings is 1. The second-order valence-electron chi connectivity index (χ2n) is 7.01. The average Bonchev–Trinajstić information content (AvgIpc) is 3.30. The molecule has 1 fully saturated rings. The van der Waals surface area contributed by atoms with E-state index in [9.17, 15) is 16.8 Å². The van der Waals surface area contributed by atoms with Gasteiger partial charge >= 0.3 is 0 Å². The fraction of sp³-hybridized carbons (Fsp3) is 0.471. The minimum absolute atomic E-state index is 0.0148. The molecule has 3 heterocycles. The number of fused-ring (bicyclic) bond motifs is 1. The first-order chi connectivity index (χ1) is 13.2. The van der Waals surface area contributed by atoms with E-state index in [1.807, 2.05) is 0 Å². The third kappa shape index (κ3) is 3.49. The summed E-state index contributed by atoms with van der Waals surface area (Å²) in [4.78, 5) is 0.0949. The summed E-state index contributed by atoms with van der Waals surface area (Å²) >= 11 is 0. The van der Waals surface area contributed by atoms with Crippen molar-refractivity contribution in [3.8, 4) is 11.5 Å². The molecule has 0 unspecified atom stereocenters. The van der Waals surface area contributed by atoms with E-state index in [1.54, 1.807) is 32.0 Å². The normalized spacial score (nSPS) is 20.6. The lowest BCUT2D eigenvalue weighted by molar-refractivity contribution is 0.174. The number of aromatic nitrogens is 2. The number of sulfone groups is 1. The van der Waals surface area contributed by atoms with Gasteiger partial charge in [0, 0.05) is 6.54 Å². The molecule has 0 saturated carbocycles. The van der Waals surface area contributed by atoms with Gasteiger partial charge in [0.15, 0.2) is 21.3 Å². The third-order valence-electron chi connectivity index (χ3n) is 4.98. The fourth-order valence-electron chi connectivity index (χ4n) is 3.66. The van der Waals surface area contributed by atoms with E-state index >= 15 is 0 Å². The molecule has 1 atom stereocenters. The molecule has 1 aromatic carbocycles. The summed E-state index contributed by atoms with van der Waals surface area (Å²) in [5.74, 6) is 1.30. The number of ether oxygens (including phenoxy) is 2. The predicted molar refractivity (Wildman–Crippen MR) is 101 cm³/mol. The number of hydrogen-bond acceptors (Lipinski definition) is 7. The molecule has 0 amide bonds. The molecule has 1 saturated heterocycles. The Morgan fingerprint density at radius 2 is 2.00 bits per heavy atom. The maximum absolute atomic E-state index is 12.9. The van der Waals surface area contributed by atoms with Crippen LogP contribution in [-0.4, -0.2) is 44.9 Å². The molecule has 1 N–H and O–H groups in total. The van der Waals surface area contributed by atoms with Crippen LogP contribution >= 0.6 is 0 Å². The van der Waals surface area contributed by atoms with Crippen LogP contribution in [-0.2, 0) is 26.4 Å². The van der Waals surface area contributed by atoms with Crippen LogP contribution in [0.5, 0.6) is 11.5 Å². The monoisotopic (exact) mass is 427 g/mol. The van der Waals surface area contributed by atoms with Crippen molar-refractivity contribution in [2.24, 2.45) is 0 Å². The van der Waals surface area contributed by atoms with Crippen molar-refractivity contribution in [2.45, 2.75) is 37.8 Å². The number of sulfonamides is 1. The zero-order valence-corrected chi connectivity index (χ0v) is 17.1. The molecule has 0 bridgehead atoms. The molecular weight excluding hydrogens is 406 g/mol. The van der Waals surface area contributed by atoms with Gasteiger partial charge in [-0.05, 0) is 38.0 Å². The van der Waals surface area contributed by atoms with Crippen LogP contribution in [0.3, 0.4) is 0 Å². The van der Waals surface area contributed by atoms with Crippen LogP contribution in [0.4, 0.5) is 0 Å². The van der Waals surface area contributed by atoms with Gasteiger partial charge in [0.2, 0.25) is 16.8 Å². The molecule has 2 aliphatic rings. The molecule has 4 rings (SSSR count). The smallest absolute Gasteiger partial charge is 0.244 e. The Morgan fingerprint density at radius 1 is 1.25 bits per heavy atom. The lowest BCUT2D eigenvalue weighted by Gasteiger charge is -2.12. The quantitative estimate of drug-likeness (QED) is 0.758. The zero-order valence-electron chi connectivity index (χ0n) is 15.5. The zero-order chi connectivity index (χ0) is 20.1. The fourth-order valence-corrected chi connectivity index (χ4v) is 6.77. The first-order valence-corrected chi connectivity index (χ1v) is 12.1. The molecule has 2 aromatic rings. The van der Waals surface area contributed by atoms with E-state index in [1.165, 1.54) is 4.68 Å². The molecule has 2 aliphatic heterocycles. The van der Waals surface area contributed by atoms with E-state index in [0.29, 0.717) is 29.3 Å². The second kappa shape index (κ2) is 6.75. The maximum Gasteiger partial charge on any atom is 0.244 e. The van der Waals surface area contributed by atoms with Crippen molar-refractivity contribution in [1.29, 1.82) is 0 Å². The Kier molecular flexibility index (Phi) is 4.63. The largest absolute Gasteiger partial charge is 0.454 e. The topological polar surface area (TPSA) is 117 Å². The summed E-state index contributed by atoms with van der Waals surface area (Å²) in [5, 5.41) is 4.32. The van der Waals surface area contributed by atoms with E-state index in [0.717, 1.165) is 5.56 Å². The summed E-state index contributed by atoms with van der Waals surface area (Å²) in [6, 6.07) is 4.91. The van der Waals surface area contributed by atoms with Crippen molar-refractivity contribution in [3.63, 3.8) is 0 Å². The molecule has 1 aromatic heterocycles. The van der Waals surface area contributed by atoms with Gasteiger partial charge in [0.25, 0.3) is 0 Å². The molecular formula is C17H21N3O6S2. The lowest BCUT2D eigenvalue weighted by atomic mass is 10.2. The molecule has 152 valence electrons.